The number of nitrogens with zero attached hydrogens (tertiary/aromatic N) is 6. The Balaban J connectivity index is 1.28. The van der Waals surface area contributed by atoms with Gasteiger partial charge >= 0.3 is 12.1 Å². The maximum Gasteiger partial charge on any atom is 0.407 e. The van der Waals surface area contributed by atoms with E-state index in [0.29, 0.717) is 38.8 Å². The number of aromatic nitrogens is 2. The quantitative estimate of drug-likeness (QED) is 0.550. The number of benzene rings is 1. The number of carboxylic acid groups (broad SMARTS) is 1. The second-order valence-electron chi connectivity index (χ2n) is 9.61. The van der Waals surface area contributed by atoms with E-state index in [9.17, 15) is 9.90 Å². The number of rotatable bonds is 8. The first-order valence-corrected chi connectivity index (χ1v) is 13.0. The lowest BCUT2D eigenvalue weighted by Gasteiger charge is -2.37. The predicted molar refractivity (Wildman–Crippen MR) is 135 cm³/mol. The first-order chi connectivity index (χ1) is 17.7. The van der Waals surface area contributed by atoms with Crippen LogP contribution in [-0.2, 0) is 24.2 Å². The molecule has 3 aliphatic rings. The summed E-state index contributed by atoms with van der Waals surface area (Å²) in [6, 6.07) is 10.9. The van der Waals surface area contributed by atoms with Gasteiger partial charge in [0.05, 0.1) is 25.5 Å². The number of anilines is 1. The third kappa shape index (κ3) is 6.24. The smallest absolute Gasteiger partial charge is 0.407 e. The Morgan fingerprint density at radius 2 is 1.75 bits per heavy atom. The van der Waals surface area contributed by atoms with Crippen molar-refractivity contribution in [2.45, 2.75) is 25.9 Å². The van der Waals surface area contributed by atoms with E-state index in [-0.39, 0.29) is 0 Å². The standard InChI is InChI=1S/C26H36N6O4/c33-26(34)32-12-10-31(11-13-32)24-22-7-9-30(19-21-5-2-1-3-6-21)20-23(22)27-25(28-24)36-16-4-8-29-14-17-35-18-15-29/h1-3,5-6H,4,7-20H2,(H,33,34). The van der Waals surface area contributed by atoms with Crippen LogP contribution in [0.25, 0.3) is 0 Å². The molecule has 1 N–H and O–H groups in total. The molecule has 1 amide bonds. The van der Waals surface area contributed by atoms with Crippen molar-refractivity contribution in [3.8, 4) is 6.01 Å². The summed E-state index contributed by atoms with van der Waals surface area (Å²) in [6.07, 6.45) is 0.918. The van der Waals surface area contributed by atoms with Crippen molar-refractivity contribution in [1.29, 1.82) is 0 Å². The molecule has 0 saturated carbocycles. The van der Waals surface area contributed by atoms with Gasteiger partial charge in [-0.1, -0.05) is 30.3 Å². The molecule has 2 saturated heterocycles. The molecule has 36 heavy (non-hydrogen) atoms. The van der Waals surface area contributed by atoms with Crippen molar-refractivity contribution in [3.05, 3.63) is 47.2 Å². The minimum Gasteiger partial charge on any atom is -0.465 e. The van der Waals surface area contributed by atoms with Crippen LogP contribution in [0.1, 0.15) is 23.2 Å². The highest BCUT2D eigenvalue weighted by Gasteiger charge is 2.28. The molecule has 10 heteroatoms. The largest absolute Gasteiger partial charge is 0.465 e. The maximum atomic E-state index is 11.4. The highest BCUT2D eigenvalue weighted by Crippen LogP contribution is 2.30. The van der Waals surface area contributed by atoms with E-state index >= 15 is 0 Å². The molecule has 10 nitrogen and oxygen atoms in total. The van der Waals surface area contributed by atoms with Crippen molar-refractivity contribution >= 4 is 11.9 Å². The van der Waals surface area contributed by atoms with Crippen molar-refractivity contribution in [3.63, 3.8) is 0 Å². The molecule has 4 heterocycles. The molecule has 0 atom stereocenters. The third-order valence-corrected chi connectivity index (χ3v) is 7.15. The fourth-order valence-corrected chi connectivity index (χ4v) is 5.13. The molecule has 0 radical (unpaired) electrons. The van der Waals surface area contributed by atoms with E-state index in [0.717, 1.165) is 76.8 Å². The Morgan fingerprint density at radius 1 is 0.972 bits per heavy atom. The molecule has 1 aromatic carbocycles. The summed E-state index contributed by atoms with van der Waals surface area (Å²) in [5, 5.41) is 9.34. The van der Waals surface area contributed by atoms with Gasteiger partial charge in [-0.15, -0.1) is 0 Å². The molecule has 3 aliphatic heterocycles. The molecule has 0 bridgehead atoms. The number of hydrogen-bond acceptors (Lipinski definition) is 8. The van der Waals surface area contributed by atoms with Crippen LogP contribution < -0.4 is 9.64 Å². The lowest BCUT2D eigenvalue weighted by atomic mass is 10.0. The zero-order chi connectivity index (χ0) is 24.7. The van der Waals surface area contributed by atoms with Crippen LogP contribution >= 0.6 is 0 Å². The highest BCUT2D eigenvalue weighted by atomic mass is 16.5. The van der Waals surface area contributed by atoms with Crippen molar-refractivity contribution in [2.75, 3.05) is 77.1 Å². The van der Waals surface area contributed by atoms with Crippen LogP contribution in [0.15, 0.2) is 30.3 Å². The van der Waals surface area contributed by atoms with Gasteiger partial charge in [0.25, 0.3) is 0 Å². The number of morpholine rings is 1. The minimum atomic E-state index is -0.861. The summed E-state index contributed by atoms with van der Waals surface area (Å²) < 4.78 is 11.5. The molecule has 0 aliphatic carbocycles. The summed E-state index contributed by atoms with van der Waals surface area (Å²) in [4.78, 5) is 29.6. The van der Waals surface area contributed by atoms with Gasteiger partial charge in [0.1, 0.15) is 5.82 Å². The molecule has 2 fully saturated rings. The fourth-order valence-electron chi connectivity index (χ4n) is 5.13. The van der Waals surface area contributed by atoms with Crippen molar-refractivity contribution in [1.82, 2.24) is 24.7 Å². The lowest BCUT2D eigenvalue weighted by molar-refractivity contribution is 0.0356. The van der Waals surface area contributed by atoms with Crippen LogP contribution in [0, 0.1) is 0 Å². The molecule has 0 spiro atoms. The molecule has 194 valence electrons. The fraction of sp³-hybridized carbons (Fsp3) is 0.577. The average molecular weight is 497 g/mol. The normalized spacial score (nSPS) is 19.2. The van der Waals surface area contributed by atoms with Crippen LogP contribution in [-0.4, -0.2) is 108 Å². The van der Waals surface area contributed by atoms with Gasteiger partial charge in [0, 0.05) is 71.0 Å². The average Bonchev–Trinajstić information content (AvgIpc) is 2.92. The molecule has 2 aromatic rings. The summed E-state index contributed by atoms with van der Waals surface area (Å²) >= 11 is 0. The second kappa shape index (κ2) is 11.9. The number of ether oxygens (including phenoxy) is 2. The van der Waals surface area contributed by atoms with E-state index in [2.05, 4.69) is 39.0 Å². The van der Waals surface area contributed by atoms with Gasteiger partial charge in [-0.3, -0.25) is 9.80 Å². The number of fused-ring (bicyclic) bond motifs is 1. The number of hydrogen-bond donors (Lipinski definition) is 1. The van der Waals surface area contributed by atoms with Crippen LogP contribution in [0.2, 0.25) is 0 Å². The number of amides is 1. The van der Waals surface area contributed by atoms with Crippen LogP contribution in [0.4, 0.5) is 10.6 Å². The molecule has 1 aromatic heterocycles. The van der Waals surface area contributed by atoms with E-state index in [1.165, 1.54) is 16.0 Å². The zero-order valence-electron chi connectivity index (χ0n) is 20.8. The van der Waals surface area contributed by atoms with Crippen molar-refractivity contribution < 1.29 is 19.4 Å². The Morgan fingerprint density at radius 3 is 2.50 bits per heavy atom. The van der Waals surface area contributed by atoms with Crippen molar-refractivity contribution in [2.24, 2.45) is 0 Å². The SMILES string of the molecule is O=C(O)N1CCN(c2nc(OCCCN3CCOCC3)nc3c2CCN(Cc2ccccc2)C3)CC1. The zero-order valence-corrected chi connectivity index (χ0v) is 20.8. The Labute approximate surface area is 212 Å². The van der Waals surface area contributed by atoms with E-state index in [1.54, 1.807) is 0 Å². The summed E-state index contributed by atoms with van der Waals surface area (Å²) in [7, 11) is 0. The van der Waals surface area contributed by atoms with Gasteiger partial charge in [-0.25, -0.2) is 4.79 Å². The maximum absolute atomic E-state index is 11.4. The van der Waals surface area contributed by atoms with Gasteiger partial charge in [-0.05, 0) is 18.4 Å². The van der Waals surface area contributed by atoms with Crippen LogP contribution in [0.3, 0.4) is 0 Å². The first-order valence-electron chi connectivity index (χ1n) is 13.0. The Kier molecular flexibility index (Phi) is 8.15. The summed E-state index contributed by atoms with van der Waals surface area (Å²) in [6.45, 7) is 9.85. The molecular weight excluding hydrogens is 460 g/mol. The van der Waals surface area contributed by atoms with E-state index in [4.69, 9.17) is 19.4 Å². The van der Waals surface area contributed by atoms with Gasteiger partial charge in [-0.2, -0.15) is 9.97 Å². The number of piperazine rings is 1. The van der Waals surface area contributed by atoms with E-state index < -0.39 is 6.09 Å². The summed E-state index contributed by atoms with van der Waals surface area (Å²) in [5.74, 6) is 0.910. The third-order valence-electron chi connectivity index (χ3n) is 7.15. The molecule has 0 unspecified atom stereocenters. The predicted octanol–water partition coefficient (Wildman–Crippen LogP) is 1.94. The van der Waals surface area contributed by atoms with Gasteiger partial charge < -0.3 is 24.4 Å². The molecule has 5 rings (SSSR count). The molecular formula is C26H36N6O4. The van der Waals surface area contributed by atoms with Gasteiger partial charge in [0.2, 0.25) is 0 Å². The minimum absolute atomic E-state index is 0.424. The van der Waals surface area contributed by atoms with E-state index in [1.807, 2.05) is 6.07 Å². The second-order valence-corrected chi connectivity index (χ2v) is 9.61. The lowest BCUT2D eigenvalue weighted by Crippen LogP contribution is -2.49. The Bertz CT molecular complexity index is 1010. The van der Waals surface area contributed by atoms with Gasteiger partial charge in [0.15, 0.2) is 0 Å². The topological polar surface area (TPSA) is 94.5 Å². The summed E-state index contributed by atoms with van der Waals surface area (Å²) in [5.41, 5.74) is 3.48. The number of carbonyl (C=O) groups is 1. The first kappa shape index (κ1) is 24.7. The monoisotopic (exact) mass is 496 g/mol. The Hall–Kier alpha value is -2.95. The van der Waals surface area contributed by atoms with Crippen LogP contribution in [0.5, 0.6) is 6.01 Å². The highest BCUT2D eigenvalue weighted by molar-refractivity contribution is 5.65.